The Kier molecular flexibility index (Phi) is 6.13. The molecule has 1 aromatic carbocycles. The van der Waals surface area contributed by atoms with Gasteiger partial charge >= 0.3 is 0 Å². The average Bonchev–Trinajstić information content (AvgIpc) is 2.54. The zero-order valence-electron chi connectivity index (χ0n) is 12.4. The minimum atomic E-state index is -1.44. The molecule has 1 saturated heterocycles. The monoisotopic (exact) mass is 313 g/mol. The number of hydrogen-bond donors (Lipinski definition) is 5. The molecule has 0 aliphatic carbocycles. The molecule has 1 aliphatic heterocycles. The first-order valence-electron chi connectivity index (χ1n) is 7.27. The van der Waals surface area contributed by atoms with Crippen LogP contribution in [-0.4, -0.2) is 71.3 Å². The third kappa shape index (κ3) is 3.95. The molecule has 0 bridgehead atoms. The van der Waals surface area contributed by atoms with E-state index < -0.39 is 37.3 Å². The van der Waals surface area contributed by atoms with E-state index in [0.717, 1.165) is 18.5 Å². The molecule has 5 atom stereocenters. The summed E-state index contributed by atoms with van der Waals surface area (Å²) in [5.41, 5.74) is 1.13. The maximum absolute atomic E-state index is 9.90. The number of aliphatic hydroxyl groups excluding tert-OH is 4. The van der Waals surface area contributed by atoms with Crippen molar-refractivity contribution < 1.29 is 29.9 Å². The quantitative estimate of drug-likeness (QED) is 0.440. The largest absolute Gasteiger partial charge is 0.462 e. The van der Waals surface area contributed by atoms with Crippen molar-refractivity contribution in [1.29, 1.82) is 0 Å². The fraction of sp³-hybridized carbons (Fsp3) is 0.600. The number of benzene rings is 1. The van der Waals surface area contributed by atoms with E-state index in [0.29, 0.717) is 5.75 Å². The number of rotatable bonds is 6. The minimum absolute atomic E-state index is 0.470. The molecule has 7 nitrogen and oxygen atoms in total. The van der Waals surface area contributed by atoms with Crippen molar-refractivity contribution in [3.8, 4) is 5.75 Å². The first-order chi connectivity index (χ1) is 10.6. The lowest BCUT2D eigenvalue weighted by Crippen LogP contribution is -2.60. The van der Waals surface area contributed by atoms with E-state index in [1.54, 1.807) is 12.1 Å². The summed E-state index contributed by atoms with van der Waals surface area (Å²) in [5.74, 6) is 0.470. The van der Waals surface area contributed by atoms with Gasteiger partial charge in [-0.3, -0.25) is 0 Å². The van der Waals surface area contributed by atoms with Gasteiger partial charge in [0, 0.05) is 0 Å². The van der Waals surface area contributed by atoms with Gasteiger partial charge in [-0.05, 0) is 37.7 Å². The molecule has 0 aromatic heterocycles. The molecule has 0 saturated carbocycles. The Morgan fingerprint density at radius 3 is 2.36 bits per heavy atom. The van der Waals surface area contributed by atoms with Crippen LogP contribution in [0.3, 0.4) is 0 Å². The van der Waals surface area contributed by atoms with E-state index in [2.05, 4.69) is 5.32 Å². The summed E-state index contributed by atoms with van der Waals surface area (Å²) in [4.78, 5) is 0. The summed E-state index contributed by atoms with van der Waals surface area (Å²) in [6, 6.07) is 7.28. The van der Waals surface area contributed by atoms with Gasteiger partial charge in [-0.2, -0.15) is 0 Å². The number of hydrogen-bond acceptors (Lipinski definition) is 7. The lowest BCUT2D eigenvalue weighted by atomic mass is 9.99. The lowest BCUT2D eigenvalue weighted by Gasteiger charge is -2.39. The van der Waals surface area contributed by atoms with Gasteiger partial charge in [0.15, 0.2) is 0 Å². The van der Waals surface area contributed by atoms with Crippen LogP contribution >= 0.6 is 0 Å². The fourth-order valence-electron chi connectivity index (χ4n) is 2.30. The molecule has 1 aromatic rings. The number of likely N-dealkylation sites (N-methyl/N-ethyl adjacent to an activating group) is 1. The van der Waals surface area contributed by atoms with E-state index >= 15 is 0 Å². The number of nitrogens with one attached hydrogen (secondary N) is 1. The summed E-state index contributed by atoms with van der Waals surface area (Å²) in [6.07, 6.45) is -5.47. The fourth-order valence-corrected chi connectivity index (χ4v) is 2.30. The second-order valence-corrected chi connectivity index (χ2v) is 5.31. The van der Waals surface area contributed by atoms with Crippen LogP contribution in [0.2, 0.25) is 0 Å². The topological polar surface area (TPSA) is 111 Å². The summed E-state index contributed by atoms with van der Waals surface area (Å²) in [5, 5.41) is 41.5. The molecule has 0 radical (unpaired) electrons. The Labute approximate surface area is 129 Å². The molecule has 124 valence electrons. The highest BCUT2D eigenvalue weighted by Crippen LogP contribution is 2.24. The molecule has 0 spiro atoms. The van der Waals surface area contributed by atoms with Gasteiger partial charge in [0.2, 0.25) is 6.29 Å². The zero-order valence-corrected chi connectivity index (χ0v) is 12.4. The first kappa shape index (κ1) is 17.1. The van der Waals surface area contributed by atoms with E-state index in [1.165, 1.54) is 0 Å². The average molecular weight is 313 g/mol. The summed E-state index contributed by atoms with van der Waals surface area (Å²) >= 11 is 0. The normalized spacial score (nSPS) is 32.0. The molecule has 7 heteroatoms. The Balaban J connectivity index is 1.99. The van der Waals surface area contributed by atoms with Gasteiger partial charge in [0.25, 0.3) is 0 Å². The van der Waals surface area contributed by atoms with Crippen LogP contribution in [0.5, 0.6) is 5.75 Å². The van der Waals surface area contributed by atoms with E-state index in [9.17, 15) is 15.3 Å². The highest BCUT2D eigenvalue weighted by Gasteiger charge is 2.44. The molecule has 1 aliphatic rings. The third-order valence-corrected chi connectivity index (χ3v) is 3.69. The number of aliphatic hydroxyl groups is 4. The van der Waals surface area contributed by atoms with E-state index in [4.69, 9.17) is 14.6 Å². The smallest absolute Gasteiger partial charge is 0.229 e. The summed E-state index contributed by atoms with van der Waals surface area (Å²) in [7, 11) is 1.89. The second-order valence-electron chi connectivity index (χ2n) is 5.31. The standard InChI is InChI=1S/C15H23NO6/c1-16-7-6-9-2-4-10(5-3-9)21-15-14(20)13(19)12(18)11(8-17)22-15/h2-5,11-20H,6-8H2,1H3/t11?,12-,13?,14?,15+/m1/s1. The van der Waals surface area contributed by atoms with E-state index in [-0.39, 0.29) is 0 Å². The minimum Gasteiger partial charge on any atom is -0.462 e. The van der Waals surface area contributed by atoms with Crippen LogP contribution in [0.25, 0.3) is 0 Å². The van der Waals surface area contributed by atoms with E-state index in [1.807, 2.05) is 19.2 Å². The Morgan fingerprint density at radius 2 is 1.77 bits per heavy atom. The maximum Gasteiger partial charge on any atom is 0.229 e. The van der Waals surface area contributed by atoms with Gasteiger partial charge in [-0.1, -0.05) is 12.1 Å². The SMILES string of the molecule is CNCCc1ccc(O[C@H]2OC(CO)[C@@H](O)C(O)C2O)cc1. The Morgan fingerprint density at radius 1 is 1.09 bits per heavy atom. The highest BCUT2D eigenvalue weighted by molar-refractivity contribution is 5.27. The van der Waals surface area contributed by atoms with Crippen LogP contribution in [0.1, 0.15) is 5.56 Å². The zero-order chi connectivity index (χ0) is 16.1. The predicted molar refractivity (Wildman–Crippen MR) is 78.5 cm³/mol. The van der Waals surface area contributed by atoms with Crippen molar-refractivity contribution in [2.75, 3.05) is 20.2 Å². The Hall–Kier alpha value is -1.22. The summed E-state index contributed by atoms with van der Waals surface area (Å²) < 4.78 is 10.8. The van der Waals surface area contributed by atoms with Crippen molar-refractivity contribution in [1.82, 2.24) is 5.32 Å². The maximum atomic E-state index is 9.90. The molecule has 0 amide bonds. The van der Waals surface area contributed by atoms with Crippen LogP contribution in [0, 0.1) is 0 Å². The van der Waals surface area contributed by atoms with Crippen molar-refractivity contribution in [3.63, 3.8) is 0 Å². The summed E-state index contributed by atoms with van der Waals surface area (Å²) in [6.45, 7) is 0.390. The van der Waals surface area contributed by atoms with Gasteiger partial charge in [-0.25, -0.2) is 0 Å². The lowest BCUT2D eigenvalue weighted by molar-refractivity contribution is -0.277. The molecule has 3 unspecified atom stereocenters. The second kappa shape index (κ2) is 7.87. The number of ether oxygens (including phenoxy) is 2. The van der Waals surface area contributed by atoms with Crippen molar-refractivity contribution >= 4 is 0 Å². The van der Waals surface area contributed by atoms with Gasteiger partial charge < -0.3 is 35.2 Å². The van der Waals surface area contributed by atoms with Gasteiger partial charge in [0.1, 0.15) is 30.2 Å². The van der Waals surface area contributed by atoms with Crippen molar-refractivity contribution in [3.05, 3.63) is 29.8 Å². The molecule has 2 rings (SSSR count). The first-order valence-corrected chi connectivity index (χ1v) is 7.27. The highest BCUT2D eigenvalue weighted by atomic mass is 16.7. The molecule has 5 N–H and O–H groups in total. The molecular formula is C15H23NO6. The predicted octanol–water partition coefficient (Wildman–Crippen LogP) is -1.37. The third-order valence-electron chi connectivity index (χ3n) is 3.69. The van der Waals surface area contributed by atoms with Crippen molar-refractivity contribution in [2.45, 2.75) is 37.1 Å². The Bertz CT molecular complexity index is 452. The van der Waals surface area contributed by atoms with Crippen LogP contribution < -0.4 is 10.1 Å². The van der Waals surface area contributed by atoms with Crippen LogP contribution in [0.4, 0.5) is 0 Å². The van der Waals surface area contributed by atoms with Crippen molar-refractivity contribution in [2.24, 2.45) is 0 Å². The van der Waals surface area contributed by atoms with Gasteiger partial charge in [-0.15, -0.1) is 0 Å². The van der Waals surface area contributed by atoms with Crippen LogP contribution in [-0.2, 0) is 11.2 Å². The van der Waals surface area contributed by atoms with Gasteiger partial charge in [0.05, 0.1) is 6.61 Å². The molecule has 1 heterocycles. The molecule has 1 fully saturated rings. The molecular weight excluding hydrogens is 290 g/mol. The molecule has 22 heavy (non-hydrogen) atoms. The van der Waals surface area contributed by atoms with Crippen LogP contribution in [0.15, 0.2) is 24.3 Å².